The Morgan fingerprint density at radius 3 is 2.29 bits per heavy atom. The summed E-state index contributed by atoms with van der Waals surface area (Å²) in [5, 5.41) is 0. The van der Waals surface area contributed by atoms with Crippen molar-refractivity contribution in [2.24, 2.45) is 0 Å². The molecule has 0 saturated carbocycles. The first-order chi connectivity index (χ1) is 16.3. The van der Waals surface area contributed by atoms with E-state index in [1.54, 1.807) is 50.6 Å². The molecule has 0 amide bonds. The fraction of sp³-hybridized carbons (Fsp3) is 0.308. The van der Waals surface area contributed by atoms with Crippen LogP contribution in [0.25, 0.3) is 0 Å². The highest BCUT2D eigenvalue weighted by Gasteiger charge is 2.30. The average Bonchev–Trinajstić information content (AvgIpc) is 2.84. The molecule has 0 fully saturated rings. The quantitative estimate of drug-likeness (QED) is 0.518. The van der Waals surface area contributed by atoms with Gasteiger partial charge in [0.2, 0.25) is 10.0 Å². The van der Waals surface area contributed by atoms with E-state index in [1.807, 2.05) is 19.1 Å². The van der Waals surface area contributed by atoms with Crippen molar-refractivity contribution in [2.45, 2.75) is 30.8 Å². The Hall–Kier alpha value is -2.94. The summed E-state index contributed by atoms with van der Waals surface area (Å²) in [4.78, 5) is 2.44. The summed E-state index contributed by atoms with van der Waals surface area (Å²) in [5.74, 6) is 0.954. The summed E-state index contributed by atoms with van der Waals surface area (Å²) in [5.41, 5.74) is 4.02. The van der Waals surface area contributed by atoms with Crippen LogP contribution in [-0.4, -0.2) is 40.6 Å². The fourth-order valence-electron chi connectivity index (χ4n) is 4.32. The second kappa shape index (κ2) is 10.1. The molecular formula is C26H29FN2O4S. The molecule has 1 N–H and O–H groups in total. The zero-order valence-electron chi connectivity index (χ0n) is 19.5. The number of aryl methyl sites for hydroxylation is 1. The second-order valence-electron chi connectivity index (χ2n) is 8.43. The van der Waals surface area contributed by atoms with Gasteiger partial charge >= 0.3 is 0 Å². The van der Waals surface area contributed by atoms with Crippen molar-refractivity contribution in [3.05, 3.63) is 88.7 Å². The van der Waals surface area contributed by atoms with E-state index < -0.39 is 10.0 Å². The van der Waals surface area contributed by atoms with Crippen LogP contribution in [0.3, 0.4) is 0 Å². The fourth-order valence-corrected chi connectivity index (χ4v) is 5.36. The molecule has 3 aromatic carbocycles. The average molecular weight is 485 g/mol. The third-order valence-corrected chi connectivity index (χ3v) is 7.65. The van der Waals surface area contributed by atoms with Crippen LogP contribution in [0.5, 0.6) is 11.5 Å². The van der Waals surface area contributed by atoms with Gasteiger partial charge in [-0.1, -0.05) is 29.8 Å². The molecule has 0 bridgehead atoms. The number of fused-ring (bicyclic) bond motifs is 1. The Morgan fingerprint density at radius 1 is 1.00 bits per heavy atom. The van der Waals surface area contributed by atoms with E-state index in [0.29, 0.717) is 18.0 Å². The third kappa shape index (κ3) is 5.24. The minimum absolute atomic E-state index is 0.180. The molecule has 6 nitrogen and oxygen atoms in total. The summed E-state index contributed by atoms with van der Waals surface area (Å²) in [6.45, 7) is 3.37. The van der Waals surface area contributed by atoms with Crippen LogP contribution in [0.2, 0.25) is 0 Å². The summed E-state index contributed by atoms with van der Waals surface area (Å²) >= 11 is 0. The van der Waals surface area contributed by atoms with Gasteiger partial charge in [-0.2, -0.15) is 0 Å². The van der Waals surface area contributed by atoms with E-state index in [9.17, 15) is 12.8 Å². The molecule has 1 atom stereocenters. The predicted octanol–water partition coefficient (Wildman–Crippen LogP) is 4.23. The van der Waals surface area contributed by atoms with E-state index in [2.05, 4.69) is 9.62 Å². The van der Waals surface area contributed by atoms with Crippen LogP contribution in [0, 0.1) is 12.7 Å². The molecular weight excluding hydrogens is 455 g/mol. The molecule has 4 rings (SSSR count). The van der Waals surface area contributed by atoms with Crippen LogP contribution >= 0.6 is 0 Å². The number of hydrogen-bond acceptors (Lipinski definition) is 5. The van der Waals surface area contributed by atoms with Crippen LogP contribution in [-0.2, 0) is 23.0 Å². The molecule has 8 heteroatoms. The zero-order chi connectivity index (χ0) is 24.3. The minimum Gasteiger partial charge on any atom is -0.493 e. The highest BCUT2D eigenvalue weighted by Crippen LogP contribution is 2.38. The maximum absolute atomic E-state index is 13.4. The third-order valence-electron chi connectivity index (χ3n) is 6.21. The Bertz CT molecular complexity index is 1250. The van der Waals surface area contributed by atoms with Crippen molar-refractivity contribution >= 4 is 10.0 Å². The lowest BCUT2D eigenvalue weighted by Crippen LogP contribution is -2.41. The van der Waals surface area contributed by atoms with Gasteiger partial charge in [0.1, 0.15) is 5.82 Å². The van der Waals surface area contributed by atoms with E-state index >= 15 is 0 Å². The number of sulfonamides is 1. The SMILES string of the molecule is COc1cc2c(cc1OC)C(CNS(=O)(=O)c1ccc(C)cc1)N(Cc1ccc(F)cc1)CC2. The predicted molar refractivity (Wildman–Crippen MR) is 129 cm³/mol. The van der Waals surface area contributed by atoms with Gasteiger partial charge in [-0.05, 0) is 66.4 Å². The van der Waals surface area contributed by atoms with Gasteiger partial charge in [-0.25, -0.2) is 17.5 Å². The van der Waals surface area contributed by atoms with Crippen LogP contribution in [0.4, 0.5) is 4.39 Å². The van der Waals surface area contributed by atoms with Crippen molar-refractivity contribution in [3.63, 3.8) is 0 Å². The molecule has 180 valence electrons. The number of ether oxygens (including phenoxy) is 2. The van der Waals surface area contributed by atoms with E-state index in [0.717, 1.165) is 35.2 Å². The molecule has 1 heterocycles. The lowest BCUT2D eigenvalue weighted by atomic mass is 9.91. The highest BCUT2D eigenvalue weighted by molar-refractivity contribution is 7.89. The summed E-state index contributed by atoms with van der Waals surface area (Å²) < 4.78 is 53.2. The maximum atomic E-state index is 13.4. The Labute approximate surface area is 200 Å². The van der Waals surface area contributed by atoms with Gasteiger partial charge in [0, 0.05) is 25.7 Å². The number of halogens is 1. The largest absolute Gasteiger partial charge is 0.493 e. The van der Waals surface area contributed by atoms with E-state index in [-0.39, 0.29) is 23.3 Å². The minimum atomic E-state index is -3.69. The van der Waals surface area contributed by atoms with Crippen molar-refractivity contribution in [2.75, 3.05) is 27.3 Å². The molecule has 34 heavy (non-hydrogen) atoms. The van der Waals surface area contributed by atoms with Gasteiger partial charge in [0.25, 0.3) is 0 Å². The van der Waals surface area contributed by atoms with Crippen molar-refractivity contribution in [1.82, 2.24) is 9.62 Å². The molecule has 3 aromatic rings. The van der Waals surface area contributed by atoms with Crippen LogP contribution < -0.4 is 14.2 Å². The van der Waals surface area contributed by atoms with E-state index in [4.69, 9.17) is 9.47 Å². The Balaban J connectivity index is 1.66. The number of benzene rings is 3. The normalized spacial score (nSPS) is 16.2. The number of nitrogens with zero attached hydrogens (tertiary/aromatic N) is 1. The van der Waals surface area contributed by atoms with Gasteiger partial charge in [-0.15, -0.1) is 0 Å². The van der Waals surface area contributed by atoms with E-state index in [1.165, 1.54) is 12.1 Å². The highest BCUT2D eigenvalue weighted by atomic mass is 32.2. The van der Waals surface area contributed by atoms with Gasteiger partial charge < -0.3 is 9.47 Å². The number of hydrogen-bond donors (Lipinski definition) is 1. The first kappa shape index (κ1) is 24.2. The molecule has 0 aromatic heterocycles. The van der Waals surface area contributed by atoms with Crippen molar-refractivity contribution in [3.8, 4) is 11.5 Å². The summed E-state index contributed by atoms with van der Waals surface area (Å²) in [6, 6.07) is 16.8. The monoisotopic (exact) mass is 484 g/mol. The lowest BCUT2D eigenvalue weighted by molar-refractivity contribution is 0.176. The number of nitrogens with one attached hydrogen (secondary N) is 1. The standard InChI is InChI=1S/C26H29FN2O4S/c1-18-4-10-22(11-5-18)34(30,31)28-16-24-23-15-26(33-3)25(32-2)14-20(23)12-13-29(24)17-19-6-8-21(27)9-7-19/h4-11,14-15,24,28H,12-13,16-17H2,1-3H3. The maximum Gasteiger partial charge on any atom is 0.240 e. The first-order valence-electron chi connectivity index (χ1n) is 11.1. The van der Waals surface area contributed by atoms with Crippen molar-refractivity contribution < 1.29 is 22.3 Å². The molecule has 0 aliphatic carbocycles. The zero-order valence-corrected chi connectivity index (χ0v) is 20.4. The Morgan fingerprint density at radius 2 is 1.65 bits per heavy atom. The lowest BCUT2D eigenvalue weighted by Gasteiger charge is -2.38. The molecule has 0 spiro atoms. The summed E-state index contributed by atoms with van der Waals surface area (Å²) in [7, 11) is -0.511. The Kier molecular flexibility index (Phi) is 7.21. The second-order valence-corrected chi connectivity index (χ2v) is 10.2. The molecule has 0 radical (unpaired) electrons. The topological polar surface area (TPSA) is 67.9 Å². The van der Waals surface area contributed by atoms with Crippen LogP contribution in [0.1, 0.15) is 28.3 Å². The molecule has 1 aliphatic heterocycles. The molecule has 0 saturated heterocycles. The molecule has 1 unspecified atom stereocenters. The number of rotatable bonds is 8. The van der Waals surface area contributed by atoms with Crippen LogP contribution in [0.15, 0.2) is 65.6 Å². The van der Waals surface area contributed by atoms with Gasteiger partial charge in [-0.3, -0.25) is 4.90 Å². The number of methoxy groups -OCH3 is 2. The first-order valence-corrected chi connectivity index (χ1v) is 12.6. The van der Waals surface area contributed by atoms with Crippen molar-refractivity contribution in [1.29, 1.82) is 0 Å². The van der Waals surface area contributed by atoms with Gasteiger partial charge in [0.05, 0.1) is 19.1 Å². The van der Waals surface area contributed by atoms with Gasteiger partial charge in [0.15, 0.2) is 11.5 Å². The molecule has 1 aliphatic rings. The smallest absolute Gasteiger partial charge is 0.240 e. The summed E-state index contributed by atoms with van der Waals surface area (Å²) in [6.07, 6.45) is 0.776.